The van der Waals surface area contributed by atoms with Gasteiger partial charge < -0.3 is 0 Å². The highest BCUT2D eigenvalue weighted by Gasteiger charge is 2.21. The van der Waals surface area contributed by atoms with Crippen LogP contribution in [0.4, 0.5) is 0 Å². The van der Waals surface area contributed by atoms with Crippen LogP contribution >= 0.6 is 0 Å². The Morgan fingerprint density at radius 1 is 0.895 bits per heavy atom. The Morgan fingerprint density at radius 2 is 1.53 bits per heavy atom. The molecular formula is C16H18O2S. The molecular weight excluding hydrogens is 256 g/mol. The van der Waals surface area contributed by atoms with Crippen molar-refractivity contribution in [1.29, 1.82) is 0 Å². The van der Waals surface area contributed by atoms with E-state index in [4.69, 9.17) is 0 Å². The summed E-state index contributed by atoms with van der Waals surface area (Å²) in [6, 6.07) is 15.4. The van der Waals surface area contributed by atoms with E-state index in [1.165, 1.54) is 0 Å². The fourth-order valence-electron chi connectivity index (χ4n) is 1.97. The monoisotopic (exact) mass is 274 g/mol. The highest BCUT2D eigenvalue weighted by molar-refractivity contribution is 7.92. The SMILES string of the molecule is Cc1ccc(-c2ccccc2)cc1S(=O)(=O)C(C)C. The summed E-state index contributed by atoms with van der Waals surface area (Å²) in [4.78, 5) is 0.434. The average Bonchev–Trinajstić information content (AvgIpc) is 2.40. The van der Waals surface area contributed by atoms with Crippen LogP contribution in [0.3, 0.4) is 0 Å². The molecule has 2 aromatic rings. The van der Waals surface area contributed by atoms with Crippen molar-refractivity contribution in [3.8, 4) is 11.1 Å². The van der Waals surface area contributed by atoms with Crippen LogP contribution in [0.25, 0.3) is 11.1 Å². The molecule has 0 saturated heterocycles. The van der Waals surface area contributed by atoms with Crippen LogP contribution in [0, 0.1) is 6.92 Å². The fourth-order valence-corrected chi connectivity index (χ4v) is 3.29. The van der Waals surface area contributed by atoms with Crippen molar-refractivity contribution in [2.75, 3.05) is 0 Å². The lowest BCUT2D eigenvalue weighted by atomic mass is 10.0. The van der Waals surface area contributed by atoms with Gasteiger partial charge in [-0.05, 0) is 43.5 Å². The Hall–Kier alpha value is -1.61. The summed E-state index contributed by atoms with van der Waals surface area (Å²) < 4.78 is 24.7. The van der Waals surface area contributed by atoms with Gasteiger partial charge in [-0.2, -0.15) is 0 Å². The number of rotatable bonds is 3. The molecule has 0 bridgehead atoms. The standard InChI is InChI=1S/C16H18O2S/c1-12(2)19(17,18)16-11-15(10-9-13(16)3)14-7-5-4-6-8-14/h4-12H,1-3H3. The number of hydrogen-bond donors (Lipinski definition) is 0. The van der Waals surface area contributed by atoms with Crippen molar-refractivity contribution in [3.63, 3.8) is 0 Å². The van der Waals surface area contributed by atoms with E-state index in [1.54, 1.807) is 19.9 Å². The molecule has 0 radical (unpaired) electrons. The smallest absolute Gasteiger partial charge is 0.180 e. The summed E-state index contributed by atoms with van der Waals surface area (Å²) in [5.41, 5.74) is 2.77. The van der Waals surface area contributed by atoms with Crippen molar-refractivity contribution in [2.24, 2.45) is 0 Å². The van der Waals surface area contributed by atoms with Crippen LogP contribution in [-0.4, -0.2) is 13.7 Å². The molecule has 0 saturated carbocycles. The lowest BCUT2D eigenvalue weighted by Gasteiger charge is -2.12. The van der Waals surface area contributed by atoms with E-state index in [1.807, 2.05) is 49.4 Å². The molecule has 0 fully saturated rings. The number of hydrogen-bond acceptors (Lipinski definition) is 2. The van der Waals surface area contributed by atoms with Crippen LogP contribution in [0.5, 0.6) is 0 Å². The molecule has 0 unspecified atom stereocenters. The molecule has 2 aromatic carbocycles. The maximum atomic E-state index is 12.3. The molecule has 0 N–H and O–H groups in total. The largest absolute Gasteiger partial charge is 0.223 e. The summed E-state index contributed by atoms with van der Waals surface area (Å²) in [7, 11) is -3.24. The maximum Gasteiger partial charge on any atom is 0.180 e. The number of sulfone groups is 1. The predicted octanol–water partition coefficient (Wildman–Crippen LogP) is 3.84. The van der Waals surface area contributed by atoms with E-state index in [0.29, 0.717) is 4.90 Å². The molecule has 100 valence electrons. The Labute approximate surface area is 115 Å². The summed E-state index contributed by atoms with van der Waals surface area (Å²) in [5.74, 6) is 0. The first-order valence-corrected chi connectivity index (χ1v) is 7.87. The first-order chi connectivity index (χ1) is 8.93. The molecule has 3 heteroatoms. The molecule has 0 aliphatic heterocycles. The molecule has 0 aliphatic rings. The van der Waals surface area contributed by atoms with E-state index < -0.39 is 15.1 Å². The first kappa shape index (κ1) is 13.8. The first-order valence-electron chi connectivity index (χ1n) is 6.33. The second-order valence-corrected chi connectivity index (χ2v) is 7.41. The minimum absolute atomic E-state index is 0.405. The van der Waals surface area contributed by atoms with Crippen molar-refractivity contribution < 1.29 is 8.42 Å². The zero-order valence-electron chi connectivity index (χ0n) is 11.4. The van der Waals surface area contributed by atoms with Crippen molar-refractivity contribution >= 4 is 9.84 Å². The van der Waals surface area contributed by atoms with Crippen LogP contribution in [0.15, 0.2) is 53.4 Å². The summed E-state index contributed by atoms with van der Waals surface area (Å²) in [6.45, 7) is 5.26. The van der Waals surface area contributed by atoms with E-state index in [-0.39, 0.29) is 0 Å². The second-order valence-electron chi connectivity index (χ2n) is 4.94. The molecule has 0 spiro atoms. The lowest BCUT2D eigenvalue weighted by Crippen LogP contribution is -2.15. The van der Waals surface area contributed by atoms with Gasteiger partial charge >= 0.3 is 0 Å². The highest BCUT2D eigenvalue weighted by Crippen LogP contribution is 2.27. The van der Waals surface area contributed by atoms with Crippen molar-refractivity contribution in [1.82, 2.24) is 0 Å². The van der Waals surface area contributed by atoms with Gasteiger partial charge in [-0.1, -0.05) is 42.5 Å². The predicted molar refractivity (Wildman–Crippen MR) is 78.9 cm³/mol. The number of benzene rings is 2. The average molecular weight is 274 g/mol. The summed E-state index contributed by atoms with van der Waals surface area (Å²) in [5, 5.41) is -0.405. The van der Waals surface area contributed by atoms with Gasteiger partial charge in [0.2, 0.25) is 0 Å². The minimum atomic E-state index is -3.24. The van der Waals surface area contributed by atoms with Gasteiger partial charge in [0.1, 0.15) is 0 Å². The zero-order valence-corrected chi connectivity index (χ0v) is 12.2. The minimum Gasteiger partial charge on any atom is -0.223 e. The molecule has 0 heterocycles. The van der Waals surface area contributed by atoms with E-state index in [0.717, 1.165) is 16.7 Å². The Balaban J connectivity index is 2.59. The van der Waals surface area contributed by atoms with Gasteiger partial charge in [-0.25, -0.2) is 8.42 Å². The Bertz CT molecular complexity index is 671. The van der Waals surface area contributed by atoms with Crippen LogP contribution < -0.4 is 0 Å². The summed E-state index contributed by atoms with van der Waals surface area (Å²) >= 11 is 0. The molecule has 2 nitrogen and oxygen atoms in total. The normalized spacial score (nSPS) is 11.8. The molecule has 19 heavy (non-hydrogen) atoms. The molecule has 0 aliphatic carbocycles. The Morgan fingerprint density at radius 3 is 2.11 bits per heavy atom. The van der Waals surface area contributed by atoms with Gasteiger partial charge in [0, 0.05) is 0 Å². The van der Waals surface area contributed by atoms with E-state index in [2.05, 4.69) is 0 Å². The van der Waals surface area contributed by atoms with Gasteiger partial charge in [0.25, 0.3) is 0 Å². The third-order valence-electron chi connectivity index (χ3n) is 3.22. The molecule has 0 amide bonds. The van der Waals surface area contributed by atoms with Gasteiger partial charge in [0.15, 0.2) is 9.84 Å². The van der Waals surface area contributed by atoms with E-state index >= 15 is 0 Å². The lowest BCUT2D eigenvalue weighted by molar-refractivity contribution is 0.587. The van der Waals surface area contributed by atoms with Crippen molar-refractivity contribution in [2.45, 2.75) is 30.9 Å². The second kappa shape index (κ2) is 5.17. The van der Waals surface area contributed by atoms with Gasteiger partial charge in [-0.3, -0.25) is 0 Å². The van der Waals surface area contributed by atoms with Gasteiger partial charge in [-0.15, -0.1) is 0 Å². The molecule has 2 rings (SSSR count). The van der Waals surface area contributed by atoms with Gasteiger partial charge in [0.05, 0.1) is 10.1 Å². The third kappa shape index (κ3) is 2.71. The fraction of sp³-hybridized carbons (Fsp3) is 0.250. The van der Waals surface area contributed by atoms with E-state index in [9.17, 15) is 8.42 Å². The summed E-state index contributed by atoms with van der Waals surface area (Å²) in [6.07, 6.45) is 0. The van der Waals surface area contributed by atoms with Crippen LogP contribution in [0.1, 0.15) is 19.4 Å². The van der Waals surface area contributed by atoms with Crippen LogP contribution in [-0.2, 0) is 9.84 Å². The quantitative estimate of drug-likeness (QED) is 0.852. The number of aryl methyl sites for hydroxylation is 1. The topological polar surface area (TPSA) is 34.1 Å². The maximum absolute atomic E-state index is 12.3. The van der Waals surface area contributed by atoms with Crippen LogP contribution in [0.2, 0.25) is 0 Å². The third-order valence-corrected chi connectivity index (χ3v) is 5.52. The Kier molecular flexibility index (Phi) is 3.76. The highest BCUT2D eigenvalue weighted by atomic mass is 32.2. The zero-order chi connectivity index (χ0) is 14.0. The van der Waals surface area contributed by atoms with Crippen molar-refractivity contribution in [3.05, 3.63) is 54.1 Å². The molecule has 0 atom stereocenters. The molecule has 0 aromatic heterocycles.